The van der Waals surface area contributed by atoms with Crippen LogP contribution in [0.5, 0.6) is 0 Å². The fourth-order valence-corrected chi connectivity index (χ4v) is 1.97. The molecule has 0 N–H and O–H groups in total. The zero-order valence-corrected chi connectivity index (χ0v) is 8.22. The number of imidazole rings is 1. The fraction of sp³-hybridized carbons (Fsp3) is 0.500. The molecule has 0 spiro atoms. The van der Waals surface area contributed by atoms with Crippen LogP contribution in [-0.4, -0.2) is 14.6 Å². The summed E-state index contributed by atoms with van der Waals surface area (Å²) < 4.78 is 1.90. The van der Waals surface area contributed by atoms with E-state index >= 15 is 0 Å². The van der Waals surface area contributed by atoms with Gasteiger partial charge in [0.25, 0.3) is 0 Å². The highest BCUT2D eigenvalue weighted by Gasteiger charge is 2.09. The van der Waals surface area contributed by atoms with Crippen molar-refractivity contribution < 1.29 is 0 Å². The Hall–Kier alpha value is -0.900. The van der Waals surface area contributed by atoms with E-state index in [2.05, 4.69) is 23.9 Å². The number of hydrogen-bond acceptors (Lipinski definition) is 3. The SMILES string of the molecule is Cc1cnc2sc(C(C)C)nn12. The van der Waals surface area contributed by atoms with E-state index in [1.54, 1.807) is 11.3 Å². The van der Waals surface area contributed by atoms with Crippen molar-refractivity contribution in [2.75, 3.05) is 0 Å². The molecule has 0 aliphatic rings. The van der Waals surface area contributed by atoms with Crippen LogP contribution in [0.4, 0.5) is 0 Å². The molecule has 0 fully saturated rings. The Morgan fingerprint density at radius 2 is 2.25 bits per heavy atom. The highest BCUT2D eigenvalue weighted by molar-refractivity contribution is 7.16. The molecule has 2 rings (SSSR count). The molecule has 0 saturated carbocycles. The first-order valence-electron chi connectivity index (χ1n) is 3.99. The molecule has 0 aliphatic heterocycles. The second-order valence-electron chi connectivity index (χ2n) is 3.19. The molecule has 0 saturated heterocycles. The Labute approximate surface area is 75.1 Å². The molecular formula is C8H11N3S. The van der Waals surface area contributed by atoms with Crippen molar-refractivity contribution in [3.8, 4) is 0 Å². The molecule has 0 unspecified atom stereocenters. The summed E-state index contributed by atoms with van der Waals surface area (Å²) in [4.78, 5) is 5.24. The zero-order valence-electron chi connectivity index (χ0n) is 7.40. The minimum absolute atomic E-state index is 0.496. The molecule has 0 bridgehead atoms. The lowest BCUT2D eigenvalue weighted by molar-refractivity contribution is 0.793. The molecule has 0 aliphatic carbocycles. The molecule has 0 aromatic carbocycles. The molecule has 2 aromatic heterocycles. The van der Waals surface area contributed by atoms with Gasteiger partial charge in [0.05, 0.1) is 11.9 Å². The first-order valence-corrected chi connectivity index (χ1v) is 4.81. The van der Waals surface area contributed by atoms with Gasteiger partial charge in [0, 0.05) is 5.92 Å². The van der Waals surface area contributed by atoms with Gasteiger partial charge >= 0.3 is 0 Å². The maximum atomic E-state index is 4.44. The molecular weight excluding hydrogens is 170 g/mol. The van der Waals surface area contributed by atoms with E-state index < -0.39 is 0 Å². The van der Waals surface area contributed by atoms with E-state index in [1.165, 1.54) is 0 Å². The smallest absolute Gasteiger partial charge is 0.212 e. The van der Waals surface area contributed by atoms with E-state index in [4.69, 9.17) is 0 Å². The Morgan fingerprint density at radius 3 is 2.83 bits per heavy atom. The average Bonchev–Trinajstić information content (AvgIpc) is 2.53. The van der Waals surface area contributed by atoms with Crippen molar-refractivity contribution in [3.63, 3.8) is 0 Å². The lowest BCUT2D eigenvalue weighted by Crippen LogP contribution is -1.90. The summed E-state index contributed by atoms with van der Waals surface area (Å²) in [7, 11) is 0. The van der Waals surface area contributed by atoms with Crippen molar-refractivity contribution in [1.29, 1.82) is 0 Å². The summed E-state index contributed by atoms with van der Waals surface area (Å²) in [5, 5.41) is 5.60. The number of aryl methyl sites for hydroxylation is 1. The fourth-order valence-electron chi connectivity index (χ4n) is 1.05. The Balaban J connectivity index is 2.63. The summed E-state index contributed by atoms with van der Waals surface area (Å²) in [5.41, 5.74) is 1.10. The van der Waals surface area contributed by atoms with Crippen LogP contribution < -0.4 is 0 Å². The Bertz CT molecular complexity index is 399. The van der Waals surface area contributed by atoms with E-state index in [-0.39, 0.29) is 0 Å². The van der Waals surface area contributed by atoms with Crippen LogP contribution in [0.25, 0.3) is 4.96 Å². The highest BCUT2D eigenvalue weighted by atomic mass is 32.1. The second-order valence-corrected chi connectivity index (χ2v) is 4.18. The molecule has 0 radical (unpaired) electrons. The lowest BCUT2D eigenvalue weighted by Gasteiger charge is -1.94. The van der Waals surface area contributed by atoms with E-state index in [1.807, 2.05) is 17.6 Å². The summed E-state index contributed by atoms with van der Waals surface area (Å²) in [6.45, 7) is 6.31. The van der Waals surface area contributed by atoms with Gasteiger partial charge in [0.15, 0.2) is 0 Å². The van der Waals surface area contributed by atoms with Gasteiger partial charge in [0.2, 0.25) is 4.96 Å². The first-order chi connectivity index (χ1) is 5.68. The van der Waals surface area contributed by atoms with Crippen molar-refractivity contribution in [1.82, 2.24) is 14.6 Å². The van der Waals surface area contributed by atoms with Crippen LogP contribution in [0, 0.1) is 6.92 Å². The zero-order chi connectivity index (χ0) is 8.72. The molecule has 64 valence electrons. The van der Waals surface area contributed by atoms with Crippen LogP contribution in [0.15, 0.2) is 6.20 Å². The minimum atomic E-state index is 0.496. The predicted octanol–water partition coefficient (Wildman–Crippen LogP) is 2.22. The van der Waals surface area contributed by atoms with Crippen LogP contribution in [0.1, 0.15) is 30.5 Å². The second kappa shape index (κ2) is 2.55. The number of rotatable bonds is 1. The predicted molar refractivity (Wildman–Crippen MR) is 49.7 cm³/mol. The van der Waals surface area contributed by atoms with Gasteiger partial charge in [-0.2, -0.15) is 5.10 Å². The number of nitrogens with zero attached hydrogens (tertiary/aromatic N) is 3. The van der Waals surface area contributed by atoms with Crippen LogP contribution in [0.2, 0.25) is 0 Å². The minimum Gasteiger partial charge on any atom is -0.226 e. The summed E-state index contributed by atoms with van der Waals surface area (Å²) >= 11 is 1.67. The van der Waals surface area contributed by atoms with Crippen molar-refractivity contribution in [3.05, 3.63) is 16.9 Å². The lowest BCUT2D eigenvalue weighted by atomic mass is 10.2. The standard InChI is InChI=1S/C8H11N3S/c1-5(2)7-10-11-6(3)4-9-8(11)12-7/h4-5H,1-3H3. The van der Waals surface area contributed by atoms with Gasteiger partial charge in [0.1, 0.15) is 5.01 Å². The van der Waals surface area contributed by atoms with E-state index in [0.29, 0.717) is 5.92 Å². The van der Waals surface area contributed by atoms with Crippen molar-refractivity contribution >= 4 is 16.3 Å². The topological polar surface area (TPSA) is 30.2 Å². The normalized spacial score (nSPS) is 11.7. The van der Waals surface area contributed by atoms with Crippen molar-refractivity contribution in [2.24, 2.45) is 0 Å². The Kier molecular flexibility index (Phi) is 1.65. The third-order valence-electron chi connectivity index (χ3n) is 1.77. The first kappa shape index (κ1) is 7.73. The number of hydrogen-bond donors (Lipinski definition) is 0. The van der Waals surface area contributed by atoms with Crippen molar-refractivity contribution in [2.45, 2.75) is 26.7 Å². The molecule has 3 nitrogen and oxygen atoms in total. The number of fused-ring (bicyclic) bond motifs is 1. The van der Waals surface area contributed by atoms with Gasteiger partial charge in [-0.05, 0) is 6.92 Å². The van der Waals surface area contributed by atoms with E-state index in [0.717, 1.165) is 15.7 Å². The van der Waals surface area contributed by atoms with Gasteiger partial charge < -0.3 is 0 Å². The molecule has 0 atom stereocenters. The highest BCUT2D eigenvalue weighted by Crippen LogP contribution is 2.21. The summed E-state index contributed by atoms with van der Waals surface area (Å²) in [6.07, 6.45) is 1.85. The third kappa shape index (κ3) is 1.03. The molecule has 2 aromatic rings. The molecule has 2 heterocycles. The summed E-state index contributed by atoms with van der Waals surface area (Å²) in [6, 6.07) is 0. The average molecular weight is 181 g/mol. The van der Waals surface area contributed by atoms with Gasteiger partial charge in [-0.25, -0.2) is 9.50 Å². The van der Waals surface area contributed by atoms with Gasteiger partial charge in [-0.1, -0.05) is 25.2 Å². The summed E-state index contributed by atoms with van der Waals surface area (Å²) in [5.74, 6) is 0.496. The quantitative estimate of drug-likeness (QED) is 0.675. The molecule has 4 heteroatoms. The Morgan fingerprint density at radius 1 is 1.50 bits per heavy atom. The maximum Gasteiger partial charge on any atom is 0.212 e. The molecule has 12 heavy (non-hydrogen) atoms. The van der Waals surface area contributed by atoms with Crippen LogP contribution >= 0.6 is 11.3 Å². The van der Waals surface area contributed by atoms with Crippen LogP contribution in [-0.2, 0) is 0 Å². The van der Waals surface area contributed by atoms with Gasteiger partial charge in [-0.15, -0.1) is 0 Å². The number of aromatic nitrogens is 3. The largest absolute Gasteiger partial charge is 0.226 e. The monoisotopic (exact) mass is 181 g/mol. The van der Waals surface area contributed by atoms with Gasteiger partial charge in [-0.3, -0.25) is 0 Å². The van der Waals surface area contributed by atoms with Crippen LogP contribution in [0.3, 0.4) is 0 Å². The molecule has 0 amide bonds. The third-order valence-corrected chi connectivity index (χ3v) is 2.99. The maximum absolute atomic E-state index is 4.44. The van der Waals surface area contributed by atoms with E-state index in [9.17, 15) is 0 Å².